The SMILES string of the molecule is COc1ccc(CCNC(=O)c2ccc3c(c2)nc(SCC(=O)NC2CCCCC2)n2c4ccccc4nc32)cc1OC. The first-order chi connectivity index (χ1) is 21.0. The molecule has 6 rings (SSSR count). The Labute approximate surface area is 254 Å². The molecule has 0 bridgehead atoms. The van der Waals surface area contributed by atoms with Crippen LogP contribution in [0.5, 0.6) is 11.5 Å². The molecule has 2 aromatic heterocycles. The van der Waals surface area contributed by atoms with Crippen LogP contribution in [-0.2, 0) is 11.2 Å². The van der Waals surface area contributed by atoms with E-state index in [2.05, 4.69) is 10.6 Å². The maximum atomic E-state index is 13.1. The van der Waals surface area contributed by atoms with Crippen molar-refractivity contribution in [3.05, 3.63) is 71.8 Å². The van der Waals surface area contributed by atoms with Gasteiger partial charge >= 0.3 is 0 Å². The zero-order chi connectivity index (χ0) is 29.8. The number of hydrogen-bond acceptors (Lipinski definition) is 7. The summed E-state index contributed by atoms with van der Waals surface area (Å²) in [6.07, 6.45) is 6.30. The van der Waals surface area contributed by atoms with E-state index in [-0.39, 0.29) is 23.6 Å². The molecule has 1 fully saturated rings. The highest BCUT2D eigenvalue weighted by Gasteiger charge is 2.19. The predicted molar refractivity (Wildman–Crippen MR) is 169 cm³/mol. The molecular weight excluding hydrogens is 562 g/mol. The van der Waals surface area contributed by atoms with E-state index < -0.39 is 0 Å². The number of nitrogens with zero attached hydrogens (tertiary/aromatic N) is 3. The number of carbonyl (C=O) groups excluding carboxylic acids is 2. The molecule has 222 valence electrons. The van der Waals surface area contributed by atoms with Crippen LogP contribution in [0.4, 0.5) is 0 Å². The van der Waals surface area contributed by atoms with E-state index in [0.29, 0.717) is 40.7 Å². The summed E-state index contributed by atoms with van der Waals surface area (Å²) in [5.41, 5.74) is 4.73. The third-order valence-corrected chi connectivity index (χ3v) is 8.86. The average molecular weight is 598 g/mol. The number of nitrogens with one attached hydrogen (secondary N) is 2. The highest BCUT2D eigenvalue weighted by molar-refractivity contribution is 7.99. The lowest BCUT2D eigenvalue weighted by Crippen LogP contribution is -2.37. The number of carbonyl (C=O) groups is 2. The minimum Gasteiger partial charge on any atom is -0.493 e. The van der Waals surface area contributed by atoms with E-state index in [0.717, 1.165) is 53.3 Å². The number of amides is 2. The minimum atomic E-state index is -0.182. The first kappa shape index (κ1) is 28.8. The van der Waals surface area contributed by atoms with Crippen molar-refractivity contribution in [2.24, 2.45) is 0 Å². The Hall–Kier alpha value is -4.31. The third kappa shape index (κ3) is 6.24. The fraction of sp³-hybridized carbons (Fsp3) is 0.333. The fourth-order valence-electron chi connectivity index (χ4n) is 5.71. The molecule has 0 saturated heterocycles. The van der Waals surface area contributed by atoms with Gasteiger partial charge in [-0.1, -0.05) is 49.2 Å². The number of methoxy groups -OCH3 is 2. The second-order valence-electron chi connectivity index (χ2n) is 10.8. The molecule has 2 amide bonds. The highest BCUT2D eigenvalue weighted by Crippen LogP contribution is 2.30. The first-order valence-electron chi connectivity index (χ1n) is 14.7. The molecule has 10 heteroatoms. The van der Waals surface area contributed by atoms with Gasteiger partial charge in [-0.25, -0.2) is 9.97 Å². The zero-order valence-corrected chi connectivity index (χ0v) is 25.2. The lowest BCUT2D eigenvalue weighted by molar-refractivity contribution is -0.119. The van der Waals surface area contributed by atoms with Crippen LogP contribution in [0.3, 0.4) is 0 Å². The van der Waals surface area contributed by atoms with Gasteiger partial charge in [-0.2, -0.15) is 0 Å². The van der Waals surface area contributed by atoms with E-state index in [1.165, 1.54) is 18.2 Å². The summed E-state index contributed by atoms with van der Waals surface area (Å²) in [6.45, 7) is 0.460. The van der Waals surface area contributed by atoms with Crippen molar-refractivity contribution < 1.29 is 19.1 Å². The molecule has 0 unspecified atom stereocenters. The molecule has 2 N–H and O–H groups in total. The Morgan fingerprint density at radius 2 is 1.74 bits per heavy atom. The van der Waals surface area contributed by atoms with E-state index >= 15 is 0 Å². The fourth-order valence-corrected chi connectivity index (χ4v) is 6.53. The molecule has 0 spiro atoms. The van der Waals surface area contributed by atoms with Crippen LogP contribution in [0.1, 0.15) is 48.0 Å². The van der Waals surface area contributed by atoms with Crippen LogP contribution in [0, 0.1) is 0 Å². The molecule has 0 radical (unpaired) electrons. The number of benzene rings is 3. The van der Waals surface area contributed by atoms with E-state index in [1.54, 1.807) is 26.4 Å². The number of para-hydroxylation sites is 2. The molecular formula is C33H35N5O4S. The van der Waals surface area contributed by atoms with Gasteiger partial charge in [0.2, 0.25) is 5.91 Å². The third-order valence-electron chi connectivity index (χ3n) is 7.92. The molecule has 1 aliphatic carbocycles. The lowest BCUT2D eigenvalue weighted by atomic mass is 9.95. The van der Waals surface area contributed by atoms with E-state index in [9.17, 15) is 9.59 Å². The largest absolute Gasteiger partial charge is 0.493 e. The van der Waals surface area contributed by atoms with Crippen LogP contribution in [0.25, 0.3) is 27.6 Å². The maximum absolute atomic E-state index is 13.1. The van der Waals surface area contributed by atoms with Gasteiger partial charge in [0.1, 0.15) is 5.65 Å². The van der Waals surface area contributed by atoms with Gasteiger partial charge in [0.25, 0.3) is 5.91 Å². The van der Waals surface area contributed by atoms with Crippen molar-refractivity contribution >= 4 is 51.2 Å². The molecule has 43 heavy (non-hydrogen) atoms. The van der Waals surface area contributed by atoms with Crippen LogP contribution in [-0.4, -0.2) is 58.7 Å². The molecule has 0 atom stereocenters. The Balaban J connectivity index is 1.23. The van der Waals surface area contributed by atoms with Crippen molar-refractivity contribution in [1.82, 2.24) is 25.0 Å². The molecule has 9 nitrogen and oxygen atoms in total. The Morgan fingerprint density at radius 1 is 0.930 bits per heavy atom. The minimum absolute atomic E-state index is 0.0129. The Kier molecular flexibility index (Phi) is 8.64. The normalized spacial score (nSPS) is 13.8. The molecule has 5 aromatic rings. The summed E-state index contributed by atoms with van der Waals surface area (Å²) in [6, 6.07) is 19.4. The van der Waals surface area contributed by atoms with E-state index in [1.807, 2.05) is 52.9 Å². The summed E-state index contributed by atoms with van der Waals surface area (Å²) in [4.78, 5) is 35.8. The second kappa shape index (κ2) is 12.9. The van der Waals surface area contributed by atoms with Crippen molar-refractivity contribution in [1.29, 1.82) is 0 Å². The number of ether oxygens (including phenoxy) is 2. The van der Waals surface area contributed by atoms with Crippen molar-refractivity contribution in [2.45, 2.75) is 49.7 Å². The van der Waals surface area contributed by atoms with Gasteiger partial charge in [-0.05, 0) is 67.3 Å². The van der Waals surface area contributed by atoms with Crippen molar-refractivity contribution in [3.63, 3.8) is 0 Å². The van der Waals surface area contributed by atoms with Gasteiger partial charge < -0.3 is 20.1 Å². The van der Waals surface area contributed by atoms with Gasteiger partial charge in [-0.15, -0.1) is 0 Å². The average Bonchev–Trinajstić information content (AvgIpc) is 3.44. The van der Waals surface area contributed by atoms with Crippen LogP contribution in [0.2, 0.25) is 0 Å². The van der Waals surface area contributed by atoms with Gasteiger partial charge in [0.15, 0.2) is 16.7 Å². The maximum Gasteiger partial charge on any atom is 0.251 e. The van der Waals surface area contributed by atoms with Gasteiger partial charge in [0, 0.05) is 23.5 Å². The summed E-state index contributed by atoms with van der Waals surface area (Å²) >= 11 is 1.39. The predicted octanol–water partition coefficient (Wildman–Crippen LogP) is 5.57. The summed E-state index contributed by atoms with van der Waals surface area (Å²) in [5, 5.41) is 7.72. The molecule has 1 saturated carbocycles. The standard InChI is InChI=1S/C33H35N5O4S/c1-41-28-15-12-21(18-29(28)42-2)16-17-34-32(40)22-13-14-24-26(19-22)37-33(38-27-11-7-6-10-25(27)36-31(24)38)43-20-30(39)35-23-8-4-3-5-9-23/h6-7,10-15,18-19,23H,3-5,8-9,16-17,20H2,1-2H3,(H,34,40)(H,35,39). The topological polar surface area (TPSA) is 107 Å². The summed E-state index contributed by atoms with van der Waals surface area (Å²) in [7, 11) is 3.21. The van der Waals surface area contributed by atoms with Crippen molar-refractivity contribution in [3.8, 4) is 11.5 Å². The number of fused-ring (bicyclic) bond motifs is 5. The summed E-state index contributed by atoms with van der Waals surface area (Å²) in [5.74, 6) is 1.41. The zero-order valence-electron chi connectivity index (χ0n) is 24.4. The highest BCUT2D eigenvalue weighted by atomic mass is 32.2. The van der Waals surface area contributed by atoms with Crippen LogP contribution < -0.4 is 20.1 Å². The van der Waals surface area contributed by atoms with Crippen LogP contribution in [0.15, 0.2) is 65.8 Å². The number of thioether (sulfide) groups is 1. The Bertz CT molecular complexity index is 1800. The monoisotopic (exact) mass is 597 g/mol. The van der Waals surface area contributed by atoms with Crippen LogP contribution >= 0.6 is 11.8 Å². The lowest BCUT2D eigenvalue weighted by Gasteiger charge is -2.22. The van der Waals surface area contributed by atoms with Gasteiger partial charge in [-0.3, -0.25) is 14.0 Å². The molecule has 3 aromatic carbocycles. The number of hydrogen-bond donors (Lipinski definition) is 2. The van der Waals surface area contributed by atoms with Crippen molar-refractivity contribution in [2.75, 3.05) is 26.5 Å². The second-order valence-corrected chi connectivity index (χ2v) is 11.7. The Morgan fingerprint density at radius 3 is 2.56 bits per heavy atom. The van der Waals surface area contributed by atoms with Gasteiger partial charge in [0.05, 0.1) is 36.5 Å². The first-order valence-corrected chi connectivity index (χ1v) is 15.6. The van der Waals surface area contributed by atoms with E-state index in [4.69, 9.17) is 19.4 Å². The quantitative estimate of drug-likeness (QED) is 0.160. The molecule has 0 aliphatic heterocycles. The number of aromatic nitrogens is 3. The summed E-state index contributed by atoms with van der Waals surface area (Å²) < 4.78 is 12.7. The molecule has 2 heterocycles. The number of imidazole rings is 1. The molecule has 1 aliphatic rings. The smallest absolute Gasteiger partial charge is 0.251 e. The number of rotatable bonds is 10.